The number of anilines is 1. The van der Waals surface area contributed by atoms with E-state index in [-0.39, 0.29) is 11.7 Å². The van der Waals surface area contributed by atoms with Gasteiger partial charge in [-0.3, -0.25) is 4.31 Å². The van der Waals surface area contributed by atoms with Crippen LogP contribution in [0.25, 0.3) is 0 Å². The highest BCUT2D eigenvalue weighted by atomic mass is 32.2. The van der Waals surface area contributed by atoms with E-state index in [0.29, 0.717) is 17.8 Å². The summed E-state index contributed by atoms with van der Waals surface area (Å²) in [5, 5.41) is 9.84. The van der Waals surface area contributed by atoms with Crippen LogP contribution in [-0.4, -0.2) is 25.8 Å². The molecule has 1 aliphatic rings. The highest BCUT2D eigenvalue weighted by Gasteiger charge is 2.34. The van der Waals surface area contributed by atoms with Crippen molar-refractivity contribution in [2.75, 3.05) is 16.6 Å². The number of fused-ring (bicyclic) bond motifs is 1. The molecule has 1 atom stereocenters. The minimum atomic E-state index is -3.40. The van der Waals surface area contributed by atoms with E-state index in [1.807, 2.05) is 19.9 Å². The van der Waals surface area contributed by atoms with Crippen LogP contribution in [0.15, 0.2) is 24.3 Å². The molecule has 17 heavy (non-hydrogen) atoms. The van der Waals surface area contributed by atoms with E-state index in [2.05, 4.69) is 0 Å². The average Bonchev–Trinajstić information content (AvgIpc) is 2.23. The van der Waals surface area contributed by atoms with Crippen LogP contribution >= 0.6 is 0 Å². The topological polar surface area (TPSA) is 57.6 Å². The van der Waals surface area contributed by atoms with E-state index in [0.717, 1.165) is 0 Å². The van der Waals surface area contributed by atoms with Gasteiger partial charge in [0, 0.05) is 12.1 Å². The molecule has 1 aromatic carbocycles. The van der Waals surface area contributed by atoms with Gasteiger partial charge in [-0.25, -0.2) is 8.42 Å². The van der Waals surface area contributed by atoms with Gasteiger partial charge in [0.05, 0.1) is 17.5 Å². The molecule has 0 bridgehead atoms. The molecule has 0 saturated carbocycles. The first-order chi connectivity index (χ1) is 7.92. The number of hydrogen-bond acceptors (Lipinski definition) is 3. The summed E-state index contributed by atoms with van der Waals surface area (Å²) in [7, 11) is -3.40. The minimum absolute atomic E-state index is 0.225. The fraction of sp³-hybridized carbons (Fsp3) is 0.500. The quantitative estimate of drug-likeness (QED) is 0.871. The van der Waals surface area contributed by atoms with Gasteiger partial charge < -0.3 is 5.11 Å². The molecule has 0 radical (unpaired) electrons. The van der Waals surface area contributed by atoms with Crippen LogP contribution in [0.1, 0.15) is 25.5 Å². The molecule has 0 unspecified atom stereocenters. The number of aliphatic hydroxyl groups excluding tert-OH is 1. The summed E-state index contributed by atoms with van der Waals surface area (Å²) in [6.07, 6.45) is -0.917. The van der Waals surface area contributed by atoms with E-state index in [1.54, 1.807) is 18.2 Å². The van der Waals surface area contributed by atoms with Crippen molar-refractivity contribution in [3.05, 3.63) is 29.8 Å². The Morgan fingerprint density at radius 1 is 1.41 bits per heavy atom. The van der Waals surface area contributed by atoms with Crippen molar-refractivity contribution in [2.24, 2.45) is 5.92 Å². The molecular weight excluding hydrogens is 238 g/mol. The van der Waals surface area contributed by atoms with Gasteiger partial charge >= 0.3 is 0 Å². The Bertz CT molecular complexity index is 510. The predicted molar refractivity (Wildman–Crippen MR) is 67.4 cm³/mol. The van der Waals surface area contributed by atoms with Crippen LogP contribution in [0.2, 0.25) is 0 Å². The van der Waals surface area contributed by atoms with Crippen LogP contribution in [0.4, 0.5) is 5.69 Å². The number of nitrogens with zero attached hydrogens (tertiary/aromatic N) is 1. The fourth-order valence-corrected chi connectivity index (χ4v) is 3.82. The molecule has 94 valence electrons. The lowest BCUT2D eigenvalue weighted by atomic mass is 10.1. The zero-order valence-corrected chi connectivity index (χ0v) is 10.8. The van der Waals surface area contributed by atoms with Crippen molar-refractivity contribution in [3.8, 4) is 0 Å². The van der Waals surface area contributed by atoms with Gasteiger partial charge in [0.25, 0.3) is 0 Å². The summed E-state index contributed by atoms with van der Waals surface area (Å²) in [5.41, 5.74) is 1.31. The average molecular weight is 255 g/mol. The fourth-order valence-electron chi connectivity index (χ4n) is 2.07. The van der Waals surface area contributed by atoms with Crippen molar-refractivity contribution in [3.63, 3.8) is 0 Å². The lowest BCUT2D eigenvalue weighted by Gasteiger charge is -2.34. The minimum Gasteiger partial charge on any atom is -0.387 e. The molecule has 0 aliphatic carbocycles. The van der Waals surface area contributed by atoms with Gasteiger partial charge in [0.15, 0.2) is 0 Å². The predicted octanol–water partition coefficient (Wildman–Crippen LogP) is 1.53. The summed E-state index contributed by atoms with van der Waals surface area (Å²) in [6.45, 7) is 4.40. The molecule has 0 spiro atoms. The molecule has 2 rings (SSSR count). The van der Waals surface area contributed by atoms with E-state index < -0.39 is 16.1 Å². The molecule has 1 N–H and O–H groups in total. The first kappa shape index (κ1) is 12.4. The maximum atomic E-state index is 12.1. The molecule has 1 aliphatic heterocycles. The van der Waals surface area contributed by atoms with Crippen LogP contribution in [0, 0.1) is 5.92 Å². The Balaban J connectivity index is 2.51. The zero-order chi connectivity index (χ0) is 12.6. The Hall–Kier alpha value is -1.07. The van der Waals surface area contributed by atoms with Crippen LogP contribution < -0.4 is 4.31 Å². The number of para-hydroxylation sites is 1. The number of hydrogen-bond donors (Lipinski definition) is 1. The van der Waals surface area contributed by atoms with Gasteiger partial charge in [0.1, 0.15) is 0 Å². The first-order valence-corrected chi connectivity index (χ1v) is 7.30. The van der Waals surface area contributed by atoms with Gasteiger partial charge in [-0.15, -0.1) is 0 Å². The molecule has 0 aromatic heterocycles. The first-order valence-electron chi connectivity index (χ1n) is 5.69. The molecule has 5 heteroatoms. The Labute approximate surface area is 102 Å². The summed E-state index contributed by atoms with van der Waals surface area (Å²) < 4.78 is 25.5. The molecular formula is C12H17NO3S. The standard InChI is InChI=1S/C12H17NO3S/c1-9(2)7-13-11-6-4-3-5-10(11)12(14)8-17(13,15)16/h3-6,9,12,14H,7-8H2,1-2H3/t12-/m1/s1. The van der Waals surface area contributed by atoms with E-state index in [9.17, 15) is 13.5 Å². The summed E-state index contributed by atoms with van der Waals surface area (Å²) in [5.74, 6) is 0.0181. The van der Waals surface area contributed by atoms with Crippen molar-refractivity contribution >= 4 is 15.7 Å². The third-order valence-electron chi connectivity index (χ3n) is 2.80. The zero-order valence-electron chi connectivity index (χ0n) is 10.00. The van der Waals surface area contributed by atoms with E-state index in [4.69, 9.17) is 0 Å². The largest absolute Gasteiger partial charge is 0.387 e. The van der Waals surface area contributed by atoms with Gasteiger partial charge in [0.2, 0.25) is 10.0 Å². The highest BCUT2D eigenvalue weighted by Crippen LogP contribution is 2.35. The molecule has 0 fully saturated rings. The summed E-state index contributed by atoms with van der Waals surface area (Å²) in [6, 6.07) is 7.13. The van der Waals surface area contributed by atoms with Crippen LogP contribution in [0.5, 0.6) is 0 Å². The maximum absolute atomic E-state index is 12.1. The lowest BCUT2D eigenvalue weighted by molar-refractivity contribution is 0.200. The SMILES string of the molecule is CC(C)CN1c2ccccc2[C@H](O)CS1(=O)=O. The van der Waals surface area contributed by atoms with Crippen LogP contribution in [-0.2, 0) is 10.0 Å². The monoisotopic (exact) mass is 255 g/mol. The van der Waals surface area contributed by atoms with E-state index >= 15 is 0 Å². The van der Waals surface area contributed by atoms with Crippen LogP contribution in [0.3, 0.4) is 0 Å². The maximum Gasteiger partial charge on any atom is 0.238 e. The third-order valence-corrected chi connectivity index (χ3v) is 4.55. The number of rotatable bonds is 2. The van der Waals surface area contributed by atoms with Crippen molar-refractivity contribution in [1.82, 2.24) is 0 Å². The van der Waals surface area contributed by atoms with Gasteiger partial charge in [-0.1, -0.05) is 32.0 Å². The molecule has 0 saturated heterocycles. The second-order valence-electron chi connectivity index (χ2n) is 4.78. The molecule has 1 aromatic rings. The Kier molecular flexibility index (Phi) is 3.14. The van der Waals surface area contributed by atoms with Crippen molar-refractivity contribution in [2.45, 2.75) is 20.0 Å². The smallest absolute Gasteiger partial charge is 0.238 e. The Morgan fingerprint density at radius 3 is 2.71 bits per heavy atom. The number of aliphatic hydroxyl groups is 1. The van der Waals surface area contributed by atoms with Crippen molar-refractivity contribution in [1.29, 1.82) is 0 Å². The summed E-state index contributed by atoms with van der Waals surface area (Å²) >= 11 is 0. The molecule has 1 heterocycles. The molecule has 0 amide bonds. The normalized spacial score (nSPS) is 22.6. The van der Waals surface area contributed by atoms with Gasteiger partial charge in [-0.2, -0.15) is 0 Å². The number of benzene rings is 1. The van der Waals surface area contributed by atoms with Crippen molar-refractivity contribution < 1.29 is 13.5 Å². The molecule has 4 nitrogen and oxygen atoms in total. The second kappa shape index (κ2) is 4.31. The van der Waals surface area contributed by atoms with E-state index in [1.165, 1.54) is 4.31 Å². The number of sulfonamides is 1. The Morgan fingerprint density at radius 2 is 2.06 bits per heavy atom. The third kappa shape index (κ3) is 2.30. The summed E-state index contributed by atoms with van der Waals surface area (Å²) in [4.78, 5) is 0. The highest BCUT2D eigenvalue weighted by molar-refractivity contribution is 7.92. The van der Waals surface area contributed by atoms with Gasteiger partial charge in [-0.05, 0) is 12.0 Å². The second-order valence-corrected chi connectivity index (χ2v) is 6.72. The lowest BCUT2D eigenvalue weighted by Crippen LogP contribution is -2.41.